The zero-order valence-corrected chi connectivity index (χ0v) is 8.04. The van der Waals surface area contributed by atoms with E-state index in [9.17, 15) is 0 Å². The van der Waals surface area contributed by atoms with Gasteiger partial charge in [-0.05, 0) is 31.9 Å². The third-order valence-corrected chi connectivity index (χ3v) is 4.37. The van der Waals surface area contributed by atoms with Crippen LogP contribution in [-0.2, 0) is 0 Å². The lowest BCUT2D eigenvalue weighted by molar-refractivity contribution is 0.393. The molecule has 0 bridgehead atoms. The second-order valence-corrected chi connectivity index (χ2v) is 5.36. The lowest BCUT2D eigenvalue weighted by Gasteiger charge is -2.37. The van der Waals surface area contributed by atoms with Crippen LogP contribution in [-0.4, -0.2) is 16.7 Å². The Bertz CT molecular complexity index is 140. The maximum atomic E-state index is 3.75. The van der Waals surface area contributed by atoms with E-state index in [2.05, 4.69) is 24.0 Å². The minimum absolute atomic E-state index is 0.512. The largest absolute Gasteiger partial charge is 0.300 e. The molecule has 1 saturated carbocycles. The van der Waals surface area contributed by atoms with E-state index in [0.29, 0.717) is 4.87 Å². The molecule has 1 heterocycles. The Kier molecular flexibility index (Phi) is 2.15. The summed E-state index contributed by atoms with van der Waals surface area (Å²) < 4.78 is 0. The van der Waals surface area contributed by atoms with Crippen LogP contribution in [0.15, 0.2) is 0 Å². The van der Waals surface area contributed by atoms with E-state index in [1.165, 1.54) is 37.9 Å². The van der Waals surface area contributed by atoms with E-state index in [4.69, 9.17) is 0 Å². The van der Waals surface area contributed by atoms with Crippen molar-refractivity contribution in [3.8, 4) is 0 Å². The van der Waals surface area contributed by atoms with Gasteiger partial charge < -0.3 is 5.32 Å². The molecule has 2 rings (SSSR count). The number of hydrogen-bond donors (Lipinski definition) is 1. The molecule has 64 valence electrons. The molecule has 1 spiro atoms. The van der Waals surface area contributed by atoms with Gasteiger partial charge in [-0.15, -0.1) is 11.8 Å². The molecule has 1 atom stereocenters. The van der Waals surface area contributed by atoms with Crippen molar-refractivity contribution in [2.45, 2.75) is 49.9 Å². The van der Waals surface area contributed by atoms with Gasteiger partial charge in [0.25, 0.3) is 0 Å². The molecule has 2 heteroatoms. The normalized spacial score (nSPS) is 36.3. The van der Waals surface area contributed by atoms with Gasteiger partial charge in [-0.25, -0.2) is 0 Å². The fraction of sp³-hybridized carbons (Fsp3) is 1.00. The molecular formula is C9H17NS. The van der Waals surface area contributed by atoms with Gasteiger partial charge in [-0.1, -0.05) is 12.8 Å². The third kappa shape index (κ3) is 1.57. The van der Waals surface area contributed by atoms with Gasteiger partial charge >= 0.3 is 0 Å². The van der Waals surface area contributed by atoms with Crippen molar-refractivity contribution in [1.82, 2.24) is 5.32 Å². The summed E-state index contributed by atoms with van der Waals surface area (Å²) in [6.45, 7) is 2.32. The lowest BCUT2D eigenvalue weighted by atomic mass is 10.1. The first kappa shape index (κ1) is 7.93. The van der Waals surface area contributed by atoms with Crippen LogP contribution in [0.2, 0.25) is 0 Å². The van der Waals surface area contributed by atoms with Crippen LogP contribution in [0.5, 0.6) is 0 Å². The minimum Gasteiger partial charge on any atom is -0.300 e. The average molecular weight is 171 g/mol. The molecule has 1 saturated heterocycles. The maximum Gasteiger partial charge on any atom is 0.0647 e. The second-order valence-electron chi connectivity index (χ2n) is 3.88. The summed E-state index contributed by atoms with van der Waals surface area (Å²) in [6.07, 6.45) is 7.04. The molecule has 0 aromatic heterocycles. The molecule has 2 aliphatic rings. The van der Waals surface area contributed by atoms with Crippen LogP contribution in [0.25, 0.3) is 0 Å². The number of thioether (sulfide) groups is 1. The zero-order valence-electron chi connectivity index (χ0n) is 7.23. The molecule has 1 aliphatic heterocycles. The van der Waals surface area contributed by atoms with Gasteiger partial charge in [0.15, 0.2) is 0 Å². The number of hydrogen-bond acceptors (Lipinski definition) is 2. The molecule has 0 radical (unpaired) electrons. The first-order valence-electron chi connectivity index (χ1n) is 4.72. The van der Waals surface area contributed by atoms with E-state index in [0.717, 1.165) is 6.04 Å². The van der Waals surface area contributed by atoms with Crippen LogP contribution < -0.4 is 5.32 Å². The van der Waals surface area contributed by atoms with Crippen LogP contribution in [0.1, 0.15) is 39.0 Å². The summed E-state index contributed by atoms with van der Waals surface area (Å²) in [5.41, 5.74) is 0. The zero-order chi connectivity index (χ0) is 7.73. The van der Waals surface area contributed by atoms with Crippen molar-refractivity contribution in [1.29, 1.82) is 0 Å². The van der Waals surface area contributed by atoms with Crippen molar-refractivity contribution >= 4 is 11.8 Å². The highest BCUT2D eigenvalue weighted by atomic mass is 32.2. The summed E-state index contributed by atoms with van der Waals surface area (Å²) in [7, 11) is 0. The van der Waals surface area contributed by atoms with Gasteiger partial charge in [0.2, 0.25) is 0 Å². The highest BCUT2D eigenvalue weighted by molar-refractivity contribution is 8.00. The molecule has 11 heavy (non-hydrogen) atoms. The standard InChI is InChI=1S/C9H17NS/c1-8-4-7-11-9(10-8)5-2-3-6-9/h8,10H,2-7H2,1H3. The summed E-state index contributed by atoms with van der Waals surface area (Å²) in [5.74, 6) is 1.37. The van der Waals surface area contributed by atoms with Crippen LogP contribution >= 0.6 is 11.8 Å². The lowest BCUT2D eigenvalue weighted by Crippen LogP contribution is -2.48. The predicted octanol–water partition coefficient (Wildman–Crippen LogP) is 2.37. The Morgan fingerprint density at radius 1 is 1.36 bits per heavy atom. The summed E-state index contributed by atoms with van der Waals surface area (Å²) in [5, 5.41) is 3.75. The fourth-order valence-electron chi connectivity index (χ4n) is 2.23. The molecule has 0 aromatic carbocycles. The molecular weight excluding hydrogens is 154 g/mol. The van der Waals surface area contributed by atoms with Gasteiger partial charge in [-0.3, -0.25) is 0 Å². The first-order chi connectivity index (χ1) is 5.31. The highest BCUT2D eigenvalue weighted by Gasteiger charge is 2.37. The first-order valence-corrected chi connectivity index (χ1v) is 5.71. The second kappa shape index (κ2) is 2.98. The minimum atomic E-state index is 0.512. The van der Waals surface area contributed by atoms with E-state index >= 15 is 0 Å². The Hall–Kier alpha value is 0.310. The highest BCUT2D eigenvalue weighted by Crippen LogP contribution is 2.42. The van der Waals surface area contributed by atoms with E-state index < -0.39 is 0 Å². The van der Waals surface area contributed by atoms with Gasteiger partial charge in [0.05, 0.1) is 4.87 Å². The summed E-state index contributed by atoms with van der Waals surface area (Å²) >= 11 is 2.17. The van der Waals surface area contributed by atoms with E-state index in [1.54, 1.807) is 0 Å². The van der Waals surface area contributed by atoms with Crippen molar-refractivity contribution in [3.05, 3.63) is 0 Å². The quantitative estimate of drug-likeness (QED) is 0.600. The van der Waals surface area contributed by atoms with Crippen molar-refractivity contribution in [2.75, 3.05) is 5.75 Å². The topological polar surface area (TPSA) is 12.0 Å². The summed E-state index contributed by atoms with van der Waals surface area (Å²) in [4.78, 5) is 0.512. The third-order valence-electron chi connectivity index (χ3n) is 2.85. The predicted molar refractivity (Wildman–Crippen MR) is 50.9 cm³/mol. The SMILES string of the molecule is CC1CCSC2(CCCC2)N1. The molecule has 0 amide bonds. The fourth-order valence-corrected chi connectivity index (χ4v) is 3.95. The van der Waals surface area contributed by atoms with Crippen molar-refractivity contribution in [2.24, 2.45) is 0 Å². The van der Waals surface area contributed by atoms with Gasteiger partial charge in [0, 0.05) is 6.04 Å². The van der Waals surface area contributed by atoms with Crippen LogP contribution in [0.3, 0.4) is 0 Å². The molecule has 2 fully saturated rings. The summed E-state index contributed by atoms with van der Waals surface area (Å²) in [6, 6.07) is 0.759. The molecule has 0 aromatic rings. The van der Waals surface area contributed by atoms with E-state index in [1.807, 2.05) is 0 Å². The number of nitrogens with one attached hydrogen (secondary N) is 1. The smallest absolute Gasteiger partial charge is 0.0647 e. The molecule has 1 unspecified atom stereocenters. The molecule has 1 nitrogen and oxygen atoms in total. The van der Waals surface area contributed by atoms with Crippen molar-refractivity contribution in [3.63, 3.8) is 0 Å². The Morgan fingerprint density at radius 3 is 2.73 bits per heavy atom. The van der Waals surface area contributed by atoms with Crippen LogP contribution in [0, 0.1) is 0 Å². The Balaban J connectivity index is 2.00. The Morgan fingerprint density at radius 2 is 2.09 bits per heavy atom. The number of rotatable bonds is 0. The molecule has 1 aliphatic carbocycles. The Labute approximate surface area is 73.3 Å². The maximum absolute atomic E-state index is 3.75. The van der Waals surface area contributed by atoms with Gasteiger partial charge in [0.1, 0.15) is 0 Å². The monoisotopic (exact) mass is 171 g/mol. The van der Waals surface area contributed by atoms with Crippen LogP contribution in [0.4, 0.5) is 0 Å². The van der Waals surface area contributed by atoms with E-state index in [-0.39, 0.29) is 0 Å². The average Bonchev–Trinajstić information content (AvgIpc) is 2.37. The van der Waals surface area contributed by atoms with Crippen molar-refractivity contribution < 1.29 is 0 Å². The molecule has 1 N–H and O–H groups in total. The van der Waals surface area contributed by atoms with Gasteiger partial charge in [-0.2, -0.15) is 0 Å².